The molecule has 0 aliphatic carbocycles. The van der Waals surface area contributed by atoms with Crippen LogP contribution in [0, 0.1) is 11.8 Å². The number of hydrogen-bond donors (Lipinski definition) is 0. The van der Waals surface area contributed by atoms with Crippen LogP contribution in [0.1, 0.15) is 39.5 Å². The Kier molecular flexibility index (Phi) is 4.43. The highest BCUT2D eigenvalue weighted by molar-refractivity contribution is 5.81. The van der Waals surface area contributed by atoms with Gasteiger partial charge in [0.05, 0.1) is 0 Å². The molecule has 13 heavy (non-hydrogen) atoms. The van der Waals surface area contributed by atoms with Gasteiger partial charge in [-0.15, -0.1) is 0 Å². The average Bonchev–Trinajstić information content (AvgIpc) is 2.15. The highest BCUT2D eigenvalue weighted by atomic mass is 16.5. The molecule has 1 rings (SSSR count). The van der Waals surface area contributed by atoms with Gasteiger partial charge in [0.25, 0.3) is 0 Å². The molecule has 0 bridgehead atoms. The Labute approximate surface area is 80.7 Å². The number of hydrogen-bond acceptors (Lipinski definition) is 2. The highest BCUT2D eigenvalue weighted by Crippen LogP contribution is 2.19. The third kappa shape index (κ3) is 3.90. The third-order valence-corrected chi connectivity index (χ3v) is 2.64. The van der Waals surface area contributed by atoms with E-state index in [1.165, 1.54) is 0 Å². The molecule has 0 N–H and O–H groups in total. The van der Waals surface area contributed by atoms with Gasteiger partial charge in [-0.1, -0.05) is 13.8 Å². The summed E-state index contributed by atoms with van der Waals surface area (Å²) in [5.74, 6) is 1.40. The first-order chi connectivity index (χ1) is 6.20. The van der Waals surface area contributed by atoms with Gasteiger partial charge < -0.3 is 4.74 Å². The summed E-state index contributed by atoms with van der Waals surface area (Å²) in [6.07, 6.45) is 3.69. The largest absolute Gasteiger partial charge is 0.381 e. The first-order valence-corrected chi connectivity index (χ1v) is 5.30. The monoisotopic (exact) mass is 184 g/mol. The summed E-state index contributed by atoms with van der Waals surface area (Å²) < 4.78 is 5.22. The van der Waals surface area contributed by atoms with Crippen molar-refractivity contribution in [2.24, 2.45) is 11.8 Å². The zero-order valence-electron chi connectivity index (χ0n) is 8.71. The van der Waals surface area contributed by atoms with Crippen LogP contribution in [0.4, 0.5) is 0 Å². The van der Waals surface area contributed by atoms with E-state index in [4.69, 9.17) is 4.74 Å². The van der Waals surface area contributed by atoms with Crippen molar-refractivity contribution in [2.45, 2.75) is 39.5 Å². The first kappa shape index (κ1) is 10.7. The SMILES string of the molecule is CC(C)CCC(=O)C1CCOCC1. The van der Waals surface area contributed by atoms with E-state index in [0.717, 1.165) is 38.9 Å². The molecule has 1 heterocycles. The summed E-state index contributed by atoms with van der Waals surface area (Å²) in [5.41, 5.74) is 0. The van der Waals surface area contributed by atoms with Crippen LogP contribution >= 0.6 is 0 Å². The van der Waals surface area contributed by atoms with Gasteiger partial charge >= 0.3 is 0 Å². The molecular formula is C11H20O2. The number of rotatable bonds is 4. The molecule has 0 aromatic heterocycles. The molecule has 0 aromatic carbocycles. The Morgan fingerprint density at radius 3 is 2.54 bits per heavy atom. The summed E-state index contributed by atoms with van der Waals surface area (Å²) >= 11 is 0. The summed E-state index contributed by atoms with van der Waals surface area (Å²) in [5, 5.41) is 0. The molecule has 0 aromatic rings. The Morgan fingerprint density at radius 2 is 2.00 bits per heavy atom. The van der Waals surface area contributed by atoms with E-state index in [1.807, 2.05) is 0 Å². The van der Waals surface area contributed by atoms with E-state index >= 15 is 0 Å². The second-order valence-corrected chi connectivity index (χ2v) is 4.29. The Hall–Kier alpha value is -0.370. The van der Waals surface area contributed by atoms with Crippen molar-refractivity contribution in [3.63, 3.8) is 0 Å². The summed E-state index contributed by atoms with van der Waals surface area (Å²) in [7, 11) is 0. The van der Waals surface area contributed by atoms with Gasteiger partial charge in [-0.2, -0.15) is 0 Å². The maximum Gasteiger partial charge on any atom is 0.136 e. The second kappa shape index (κ2) is 5.38. The van der Waals surface area contributed by atoms with Crippen LogP contribution < -0.4 is 0 Å². The summed E-state index contributed by atoms with van der Waals surface area (Å²) in [6.45, 7) is 5.88. The fourth-order valence-corrected chi connectivity index (χ4v) is 1.65. The molecule has 1 aliphatic rings. The van der Waals surface area contributed by atoms with Gasteiger partial charge in [0.1, 0.15) is 5.78 Å². The minimum Gasteiger partial charge on any atom is -0.381 e. The van der Waals surface area contributed by atoms with Crippen LogP contribution in [0.25, 0.3) is 0 Å². The standard InChI is InChI=1S/C11H20O2/c1-9(2)3-4-11(12)10-5-7-13-8-6-10/h9-10H,3-8H2,1-2H3. The van der Waals surface area contributed by atoms with Crippen LogP contribution in [-0.2, 0) is 9.53 Å². The average molecular weight is 184 g/mol. The van der Waals surface area contributed by atoms with Crippen LogP contribution in [0.5, 0.6) is 0 Å². The topological polar surface area (TPSA) is 26.3 Å². The van der Waals surface area contributed by atoms with E-state index < -0.39 is 0 Å². The summed E-state index contributed by atoms with van der Waals surface area (Å²) in [6, 6.07) is 0. The molecule has 2 nitrogen and oxygen atoms in total. The molecule has 0 spiro atoms. The van der Waals surface area contributed by atoms with Crippen molar-refractivity contribution in [3.05, 3.63) is 0 Å². The zero-order chi connectivity index (χ0) is 9.68. The van der Waals surface area contributed by atoms with Crippen LogP contribution in [0.15, 0.2) is 0 Å². The molecule has 1 saturated heterocycles. The Balaban J connectivity index is 2.21. The number of carbonyl (C=O) groups excluding carboxylic acids is 1. The molecule has 0 saturated carbocycles. The van der Waals surface area contributed by atoms with Crippen LogP contribution in [0.2, 0.25) is 0 Å². The lowest BCUT2D eigenvalue weighted by Crippen LogP contribution is -2.23. The number of ether oxygens (including phenoxy) is 1. The van der Waals surface area contributed by atoms with Crippen molar-refractivity contribution >= 4 is 5.78 Å². The van der Waals surface area contributed by atoms with E-state index in [0.29, 0.717) is 17.6 Å². The number of carbonyl (C=O) groups is 1. The van der Waals surface area contributed by atoms with Gasteiger partial charge in [-0.3, -0.25) is 4.79 Å². The third-order valence-electron chi connectivity index (χ3n) is 2.64. The normalized spacial score (nSPS) is 19.3. The van der Waals surface area contributed by atoms with Crippen molar-refractivity contribution < 1.29 is 9.53 Å². The lowest BCUT2D eigenvalue weighted by atomic mass is 9.91. The van der Waals surface area contributed by atoms with E-state index in [1.54, 1.807) is 0 Å². The molecule has 1 fully saturated rings. The molecule has 0 unspecified atom stereocenters. The van der Waals surface area contributed by atoms with Crippen molar-refractivity contribution in [1.29, 1.82) is 0 Å². The predicted molar refractivity (Wildman–Crippen MR) is 52.6 cm³/mol. The predicted octanol–water partition coefficient (Wildman–Crippen LogP) is 2.42. The summed E-state index contributed by atoms with van der Waals surface area (Å²) in [4.78, 5) is 11.6. The Morgan fingerprint density at radius 1 is 1.38 bits per heavy atom. The lowest BCUT2D eigenvalue weighted by Gasteiger charge is -2.20. The molecule has 1 aliphatic heterocycles. The van der Waals surface area contributed by atoms with E-state index in [2.05, 4.69) is 13.8 Å². The first-order valence-electron chi connectivity index (χ1n) is 5.30. The Bertz CT molecular complexity index is 157. The van der Waals surface area contributed by atoms with Crippen LogP contribution in [0.3, 0.4) is 0 Å². The molecule has 0 amide bonds. The molecule has 2 heteroatoms. The molecule has 0 atom stereocenters. The minimum atomic E-state index is 0.299. The maximum atomic E-state index is 11.6. The zero-order valence-corrected chi connectivity index (χ0v) is 8.71. The van der Waals surface area contributed by atoms with Gasteiger partial charge in [0.15, 0.2) is 0 Å². The number of ketones is 1. The second-order valence-electron chi connectivity index (χ2n) is 4.29. The highest BCUT2D eigenvalue weighted by Gasteiger charge is 2.20. The van der Waals surface area contributed by atoms with Crippen molar-refractivity contribution in [1.82, 2.24) is 0 Å². The minimum absolute atomic E-state index is 0.299. The lowest BCUT2D eigenvalue weighted by molar-refractivity contribution is -0.125. The molecule has 76 valence electrons. The quantitative estimate of drug-likeness (QED) is 0.670. The van der Waals surface area contributed by atoms with Crippen molar-refractivity contribution in [2.75, 3.05) is 13.2 Å². The van der Waals surface area contributed by atoms with E-state index in [-0.39, 0.29) is 0 Å². The fraction of sp³-hybridized carbons (Fsp3) is 0.909. The smallest absolute Gasteiger partial charge is 0.136 e. The van der Waals surface area contributed by atoms with Crippen LogP contribution in [-0.4, -0.2) is 19.0 Å². The fourth-order valence-electron chi connectivity index (χ4n) is 1.65. The van der Waals surface area contributed by atoms with Gasteiger partial charge in [0.2, 0.25) is 0 Å². The number of Topliss-reactive ketones (excluding diaryl/α,β-unsaturated/α-hetero) is 1. The van der Waals surface area contributed by atoms with E-state index in [9.17, 15) is 4.79 Å². The molecular weight excluding hydrogens is 164 g/mol. The van der Waals surface area contributed by atoms with Crippen molar-refractivity contribution in [3.8, 4) is 0 Å². The van der Waals surface area contributed by atoms with Gasteiger partial charge in [0, 0.05) is 25.6 Å². The molecule has 0 radical (unpaired) electrons. The van der Waals surface area contributed by atoms with Gasteiger partial charge in [-0.05, 0) is 25.2 Å². The van der Waals surface area contributed by atoms with Gasteiger partial charge in [-0.25, -0.2) is 0 Å². The maximum absolute atomic E-state index is 11.6.